The van der Waals surface area contributed by atoms with E-state index in [1.54, 1.807) is 25.2 Å². The molecule has 1 heterocycles. The SMILES string of the molecule is CN(CC1CCOCC1)S(=O)(=O)c1ccc(CN)cc1Br. The van der Waals surface area contributed by atoms with E-state index in [1.165, 1.54) is 4.31 Å². The van der Waals surface area contributed by atoms with E-state index in [-0.39, 0.29) is 4.90 Å². The predicted octanol–water partition coefficient (Wildman–Crippen LogP) is 1.95. The smallest absolute Gasteiger partial charge is 0.243 e. The number of hydrogen-bond acceptors (Lipinski definition) is 4. The number of halogens is 1. The van der Waals surface area contributed by atoms with Crippen LogP contribution in [-0.4, -0.2) is 39.5 Å². The number of benzene rings is 1. The first-order valence-electron chi connectivity index (χ1n) is 6.97. The van der Waals surface area contributed by atoms with Crippen molar-refractivity contribution in [2.24, 2.45) is 11.7 Å². The Kier molecular flexibility index (Phi) is 5.79. The van der Waals surface area contributed by atoms with Crippen molar-refractivity contribution in [3.8, 4) is 0 Å². The van der Waals surface area contributed by atoms with Crippen molar-refractivity contribution < 1.29 is 13.2 Å². The third-order valence-corrected chi connectivity index (χ3v) is 6.58. The van der Waals surface area contributed by atoms with Gasteiger partial charge in [0.1, 0.15) is 0 Å². The number of rotatable bonds is 5. The highest BCUT2D eigenvalue weighted by Gasteiger charge is 2.26. The maximum Gasteiger partial charge on any atom is 0.243 e. The zero-order valence-corrected chi connectivity index (χ0v) is 14.5. The zero-order chi connectivity index (χ0) is 15.5. The van der Waals surface area contributed by atoms with Crippen molar-refractivity contribution in [1.29, 1.82) is 0 Å². The van der Waals surface area contributed by atoms with Gasteiger partial charge < -0.3 is 10.5 Å². The molecular formula is C14H21BrN2O3S. The summed E-state index contributed by atoms with van der Waals surface area (Å²) in [5.74, 6) is 0.362. The van der Waals surface area contributed by atoms with E-state index < -0.39 is 10.0 Å². The van der Waals surface area contributed by atoms with Gasteiger partial charge in [-0.25, -0.2) is 12.7 Å². The minimum Gasteiger partial charge on any atom is -0.381 e. The van der Waals surface area contributed by atoms with Gasteiger partial charge in [-0.1, -0.05) is 6.07 Å². The van der Waals surface area contributed by atoms with E-state index >= 15 is 0 Å². The molecule has 2 rings (SSSR count). The second-order valence-corrected chi connectivity index (χ2v) is 8.18. The van der Waals surface area contributed by atoms with E-state index in [2.05, 4.69) is 15.9 Å². The number of ether oxygens (including phenoxy) is 1. The van der Waals surface area contributed by atoms with Crippen LogP contribution in [-0.2, 0) is 21.3 Å². The molecule has 0 spiro atoms. The van der Waals surface area contributed by atoms with Gasteiger partial charge in [-0.05, 0) is 52.4 Å². The molecule has 1 aromatic rings. The monoisotopic (exact) mass is 376 g/mol. The van der Waals surface area contributed by atoms with Crippen LogP contribution in [0.15, 0.2) is 27.6 Å². The highest BCUT2D eigenvalue weighted by atomic mass is 79.9. The van der Waals surface area contributed by atoms with E-state index in [9.17, 15) is 8.42 Å². The van der Waals surface area contributed by atoms with Crippen molar-refractivity contribution in [3.05, 3.63) is 28.2 Å². The van der Waals surface area contributed by atoms with Gasteiger partial charge in [0.05, 0.1) is 4.90 Å². The Morgan fingerprint density at radius 2 is 2.05 bits per heavy atom. The van der Waals surface area contributed by atoms with Crippen molar-refractivity contribution in [3.63, 3.8) is 0 Å². The average molecular weight is 377 g/mol. The van der Waals surface area contributed by atoms with Gasteiger partial charge >= 0.3 is 0 Å². The molecule has 118 valence electrons. The molecule has 0 amide bonds. The topological polar surface area (TPSA) is 72.6 Å². The normalized spacial score (nSPS) is 17.3. The number of nitrogens with two attached hydrogens (primary N) is 1. The molecule has 1 fully saturated rings. The fourth-order valence-electron chi connectivity index (χ4n) is 2.44. The molecule has 0 atom stereocenters. The highest BCUT2D eigenvalue weighted by Crippen LogP contribution is 2.27. The largest absolute Gasteiger partial charge is 0.381 e. The third-order valence-electron chi connectivity index (χ3n) is 3.78. The summed E-state index contributed by atoms with van der Waals surface area (Å²) in [4.78, 5) is 0.286. The Balaban J connectivity index is 2.16. The van der Waals surface area contributed by atoms with Crippen molar-refractivity contribution in [2.45, 2.75) is 24.3 Å². The lowest BCUT2D eigenvalue weighted by Gasteiger charge is -2.27. The highest BCUT2D eigenvalue weighted by molar-refractivity contribution is 9.10. The first-order valence-corrected chi connectivity index (χ1v) is 9.21. The van der Waals surface area contributed by atoms with Crippen LogP contribution in [0.5, 0.6) is 0 Å². The summed E-state index contributed by atoms with van der Waals surface area (Å²) in [6, 6.07) is 5.12. The molecule has 7 heteroatoms. The molecule has 1 aromatic carbocycles. The van der Waals surface area contributed by atoms with Gasteiger partial charge in [0.2, 0.25) is 10.0 Å². The third kappa shape index (κ3) is 4.04. The van der Waals surface area contributed by atoms with Crippen LogP contribution in [0.4, 0.5) is 0 Å². The lowest BCUT2D eigenvalue weighted by atomic mass is 10.0. The Morgan fingerprint density at radius 1 is 1.38 bits per heavy atom. The molecule has 1 saturated heterocycles. The summed E-state index contributed by atoms with van der Waals surface area (Å²) < 4.78 is 32.6. The summed E-state index contributed by atoms with van der Waals surface area (Å²) in [7, 11) is -1.86. The van der Waals surface area contributed by atoms with Crippen molar-refractivity contribution in [1.82, 2.24) is 4.31 Å². The summed E-state index contributed by atoms with van der Waals surface area (Å²) >= 11 is 3.34. The minimum atomic E-state index is -3.49. The standard InChI is InChI=1S/C14H21BrN2O3S/c1-17(10-11-4-6-20-7-5-11)21(18,19)14-3-2-12(9-16)8-13(14)15/h2-3,8,11H,4-7,9-10,16H2,1H3. The average Bonchev–Trinajstić information content (AvgIpc) is 2.47. The van der Waals surface area contributed by atoms with E-state index in [0.29, 0.717) is 36.7 Å². The molecule has 2 N–H and O–H groups in total. The van der Waals surface area contributed by atoms with Gasteiger partial charge in [-0.3, -0.25) is 0 Å². The molecule has 0 aliphatic carbocycles. The van der Waals surface area contributed by atoms with Crippen LogP contribution in [0.3, 0.4) is 0 Å². The van der Waals surface area contributed by atoms with E-state index in [4.69, 9.17) is 10.5 Å². The fourth-order valence-corrected chi connectivity index (χ4v) is 4.77. The maximum atomic E-state index is 12.7. The van der Waals surface area contributed by atoms with Crippen LogP contribution in [0, 0.1) is 5.92 Å². The lowest BCUT2D eigenvalue weighted by molar-refractivity contribution is 0.0620. The molecule has 5 nitrogen and oxygen atoms in total. The van der Waals surface area contributed by atoms with Gasteiger partial charge in [0.25, 0.3) is 0 Å². The quantitative estimate of drug-likeness (QED) is 0.852. The predicted molar refractivity (Wildman–Crippen MR) is 85.4 cm³/mol. The van der Waals surface area contributed by atoms with Gasteiger partial charge in [0, 0.05) is 37.8 Å². The Labute approximate surface area is 134 Å². The van der Waals surface area contributed by atoms with E-state index in [1.807, 2.05) is 0 Å². The van der Waals surface area contributed by atoms with Crippen LogP contribution in [0.1, 0.15) is 18.4 Å². The van der Waals surface area contributed by atoms with Gasteiger partial charge in [-0.2, -0.15) is 0 Å². The van der Waals surface area contributed by atoms with Gasteiger partial charge in [-0.15, -0.1) is 0 Å². The van der Waals surface area contributed by atoms with Crippen LogP contribution >= 0.6 is 15.9 Å². The number of hydrogen-bond donors (Lipinski definition) is 1. The van der Waals surface area contributed by atoms with Crippen molar-refractivity contribution in [2.75, 3.05) is 26.8 Å². The summed E-state index contributed by atoms with van der Waals surface area (Å²) in [5, 5.41) is 0. The van der Waals surface area contributed by atoms with E-state index in [0.717, 1.165) is 18.4 Å². The van der Waals surface area contributed by atoms with Crippen LogP contribution in [0.25, 0.3) is 0 Å². The molecule has 0 unspecified atom stereocenters. The maximum absolute atomic E-state index is 12.7. The van der Waals surface area contributed by atoms with Crippen LogP contribution in [0.2, 0.25) is 0 Å². The molecule has 21 heavy (non-hydrogen) atoms. The number of nitrogens with zero attached hydrogens (tertiary/aromatic N) is 1. The lowest BCUT2D eigenvalue weighted by Crippen LogP contribution is -2.34. The second kappa shape index (κ2) is 7.19. The summed E-state index contributed by atoms with van der Waals surface area (Å²) in [6.45, 7) is 2.34. The van der Waals surface area contributed by atoms with Gasteiger partial charge in [0.15, 0.2) is 0 Å². The Morgan fingerprint density at radius 3 is 2.62 bits per heavy atom. The minimum absolute atomic E-state index is 0.286. The zero-order valence-electron chi connectivity index (χ0n) is 12.1. The molecule has 1 aliphatic heterocycles. The van der Waals surface area contributed by atoms with Crippen LogP contribution < -0.4 is 5.73 Å². The molecule has 0 bridgehead atoms. The molecule has 0 aromatic heterocycles. The first kappa shape index (κ1) is 16.9. The first-order chi connectivity index (χ1) is 9.95. The Bertz CT molecular complexity index is 586. The Hall–Kier alpha value is -0.470. The second-order valence-electron chi connectivity index (χ2n) is 5.31. The summed E-state index contributed by atoms with van der Waals surface area (Å²) in [5.41, 5.74) is 6.46. The summed E-state index contributed by atoms with van der Waals surface area (Å²) in [6.07, 6.45) is 1.82. The molecular weight excluding hydrogens is 356 g/mol. The van der Waals surface area contributed by atoms with Crippen molar-refractivity contribution >= 4 is 26.0 Å². The number of sulfonamides is 1. The fraction of sp³-hybridized carbons (Fsp3) is 0.571. The molecule has 0 saturated carbocycles. The molecule has 1 aliphatic rings. The molecule has 0 radical (unpaired) electrons.